The summed E-state index contributed by atoms with van der Waals surface area (Å²) in [5.41, 5.74) is 2.64. The van der Waals surface area contributed by atoms with Crippen molar-refractivity contribution in [2.45, 2.75) is 25.3 Å². The predicted molar refractivity (Wildman–Crippen MR) is 79.7 cm³/mol. The molecule has 3 heteroatoms. The molecule has 4 rings (SSSR count). The number of fused-ring (bicyclic) bond motifs is 2. The first-order valence-corrected chi connectivity index (χ1v) is 7.47. The molecule has 0 aliphatic carbocycles. The number of para-hydroxylation sites is 1. The molecule has 0 amide bonds. The third-order valence-electron chi connectivity index (χ3n) is 4.75. The Bertz CT molecular complexity index is 574. The summed E-state index contributed by atoms with van der Waals surface area (Å²) in [6, 6.07) is 9.40. The van der Waals surface area contributed by atoms with Gasteiger partial charge in [0.25, 0.3) is 0 Å². The van der Waals surface area contributed by atoms with Crippen molar-refractivity contribution in [1.29, 1.82) is 0 Å². The number of hydrogen-bond donors (Lipinski definition) is 1. The largest absolute Gasteiger partial charge is 0.367 e. The van der Waals surface area contributed by atoms with Crippen molar-refractivity contribution < 1.29 is 0 Å². The second kappa shape index (κ2) is 4.57. The van der Waals surface area contributed by atoms with Crippen LogP contribution in [-0.2, 0) is 0 Å². The highest BCUT2D eigenvalue weighted by atomic mass is 15.3. The second-order valence-electron chi connectivity index (χ2n) is 5.85. The number of benzene rings is 1. The van der Waals surface area contributed by atoms with E-state index in [1.807, 2.05) is 0 Å². The summed E-state index contributed by atoms with van der Waals surface area (Å²) < 4.78 is 0. The Balaban J connectivity index is 1.62. The molecule has 1 unspecified atom stereocenters. The summed E-state index contributed by atoms with van der Waals surface area (Å²) in [6.45, 7) is 4.90. The standard InChI is InChI=1S/C16H21N3/c1-2-7-15-14(6-1)16(11-17-15)19-10-9-18-8-4-3-5-13(18)12-19/h1-2,6-7,11,13,17H,3-5,8-10,12H2. The van der Waals surface area contributed by atoms with Crippen molar-refractivity contribution in [2.24, 2.45) is 0 Å². The van der Waals surface area contributed by atoms with E-state index in [9.17, 15) is 0 Å². The van der Waals surface area contributed by atoms with Gasteiger partial charge in [-0.25, -0.2) is 0 Å². The van der Waals surface area contributed by atoms with E-state index >= 15 is 0 Å². The molecule has 2 aliphatic heterocycles. The van der Waals surface area contributed by atoms with Gasteiger partial charge in [0.2, 0.25) is 0 Å². The summed E-state index contributed by atoms with van der Waals surface area (Å²) >= 11 is 0. The summed E-state index contributed by atoms with van der Waals surface area (Å²) in [4.78, 5) is 8.67. The topological polar surface area (TPSA) is 22.3 Å². The van der Waals surface area contributed by atoms with Gasteiger partial charge in [0, 0.05) is 42.8 Å². The van der Waals surface area contributed by atoms with Gasteiger partial charge in [0.15, 0.2) is 0 Å². The monoisotopic (exact) mass is 255 g/mol. The average Bonchev–Trinajstić information content (AvgIpc) is 2.91. The summed E-state index contributed by atoms with van der Waals surface area (Å²) in [5.74, 6) is 0. The lowest BCUT2D eigenvalue weighted by Gasteiger charge is -2.44. The van der Waals surface area contributed by atoms with E-state index in [0.717, 1.165) is 6.04 Å². The van der Waals surface area contributed by atoms with Gasteiger partial charge in [0.05, 0.1) is 5.69 Å². The molecule has 0 bridgehead atoms. The van der Waals surface area contributed by atoms with Gasteiger partial charge in [-0.15, -0.1) is 0 Å². The number of nitrogens with one attached hydrogen (secondary N) is 1. The number of anilines is 1. The first-order chi connectivity index (χ1) is 9.42. The quantitative estimate of drug-likeness (QED) is 0.846. The number of aromatic nitrogens is 1. The predicted octanol–water partition coefficient (Wildman–Crippen LogP) is 2.84. The van der Waals surface area contributed by atoms with Crippen LogP contribution in [0.2, 0.25) is 0 Å². The number of nitrogens with zero attached hydrogens (tertiary/aromatic N) is 2. The first kappa shape index (κ1) is 11.4. The minimum Gasteiger partial charge on any atom is -0.367 e. The van der Waals surface area contributed by atoms with Gasteiger partial charge in [-0.05, 0) is 25.5 Å². The van der Waals surface area contributed by atoms with E-state index in [1.54, 1.807) is 0 Å². The normalized spacial score (nSPS) is 24.6. The molecule has 3 heterocycles. The molecule has 0 spiro atoms. The number of piperidine rings is 1. The zero-order chi connectivity index (χ0) is 12.7. The number of rotatable bonds is 1. The lowest BCUT2D eigenvalue weighted by molar-refractivity contribution is 0.133. The molecular weight excluding hydrogens is 234 g/mol. The first-order valence-electron chi connectivity index (χ1n) is 7.47. The fourth-order valence-electron chi connectivity index (χ4n) is 3.69. The summed E-state index contributed by atoms with van der Waals surface area (Å²) in [7, 11) is 0. The number of piperazine rings is 1. The fraction of sp³-hybridized carbons (Fsp3) is 0.500. The van der Waals surface area contributed by atoms with Crippen LogP contribution in [0.4, 0.5) is 5.69 Å². The van der Waals surface area contributed by atoms with Crippen molar-refractivity contribution in [2.75, 3.05) is 31.1 Å². The third-order valence-corrected chi connectivity index (χ3v) is 4.75. The zero-order valence-electron chi connectivity index (χ0n) is 11.3. The summed E-state index contributed by atoms with van der Waals surface area (Å²) in [5, 5.41) is 1.37. The van der Waals surface area contributed by atoms with Gasteiger partial charge in [-0.2, -0.15) is 0 Å². The summed E-state index contributed by atoms with van der Waals surface area (Å²) in [6.07, 6.45) is 6.36. The Labute approximate surface area is 114 Å². The molecular formula is C16H21N3. The van der Waals surface area contributed by atoms with Gasteiger partial charge in [-0.3, -0.25) is 4.90 Å². The Hall–Kier alpha value is -1.48. The maximum Gasteiger partial charge on any atom is 0.0624 e. The van der Waals surface area contributed by atoms with Crippen molar-refractivity contribution in [3.63, 3.8) is 0 Å². The van der Waals surface area contributed by atoms with Crippen LogP contribution in [0.5, 0.6) is 0 Å². The molecule has 100 valence electrons. The van der Waals surface area contributed by atoms with Gasteiger partial charge in [0.1, 0.15) is 0 Å². The van der Waals surface area contributed by atoms with E-state index in [0.29, 0.717) is 0 Å². The Morgan fingerprint density at radius 1 is 1.05 bits per heavy atom. The Kier molecular flexibility index (Phi) is 2.73. The number of hydrogen-bond acceptors (Lipinski definition) is 2. The van der Waals surface area contributed by atoms with E-state index in [-0.39, 0.29) is 0 Å². The van der Waals surface area contributed by atoms with E-state index in [4.69, 9.17) is 0 Å². The minimum atomic E-state index is 0.774. The van der Waals surface area contributed by atoms with Crippen molar-refractivity contribution in [3.8, 4) is 0 Å². The molecule has 2 fully saturated rings. The van der Waals surface area contributed by atoms with Crippen molar-refractivity contribution >= 4 is 16.6 Å². The van der Waals surface area contributed by atoms with Crippen LogP contribution in [-0.4, -0.2) is 42.1 Å². The van der Waals surface area contributed by atoms with Crippen LogP contribution in [0.15, 0.2) is 30.5 Å². The molecule has 1 aromatic heterocycles. The Morgan fingerprint density at radius 3 is 3.00 bits per heavy atom. The molecule has 19 heavy (non-hydrogen) atoms. The Morgan fingerprint density at radius 2 is 2.00 bits per heavy atom. The van der Waals surface area contributed by atoms with Gasteiger partial charge in [-0.1, -0.05) is 24.6 Å². The van der Waals surface area contributed by atoms with Gasteiger partial charge >= 0.3 is 0 Å². The van der Waals surface area contributed by atoms with Gasteiger partial charge < -0.3 is 9.88 Å². The highest BCUT2D eigenvalue weighted by Gasteiger charge is 2.29. The van der Waals surface area contributed by atoms with Crippen LogP contribution in [0.25, 0.3) is 10.9 Å². The molecule has 3 nitrogen and oxygen atoms in total. The maximum atomic E-state index is 3.40. The molecule has 1 aromatic carbocycles. The van der Waals surface area contributed by atoms with Crippen LogP contribution in [0, 0.1) is 0 Å². The van der Waals surface area contributed by atoms with E-state index in [2.05, 4.69) is 45.2 Å². The van der Waals surface area contributed by atoms with Crippen LogP contribution in [0.1, 0.15) is 19.3 Å². The van der Waals surface area contributed by atoms with E-state index in [1.165, 1.54) is 62.0 Å². The zero-order valence-corrected chi connectivity index (χ0v) is 11.3. The molecule has 1 N–H and O–H groups in total. The SMILES string of the molecule is c1ccc2c(N3CCN4CCCCC4C3)c[nH]c2c1. The lowest BCUT2D eigenvalue weighted by atomic mass is 9.99. The average molecular weight is 255 g/mol. The lowest BCUT2D eigenvalue weighted by Crippen LogP contribution is -2.54. The molecule has 0 radical (unpaired) electrons. The smallest absolute Gasteiger partial charge is 0.0624 e. The van der Waals surface area contributed by atoms with Crippen molar-refractivity contribution in [3.05, 3.63) is 30.5 Å². The maximum absolute atomic E-state index is 3.40. The third kappa shape index (κ3) is 1.93. The minimum absolute atomic E-state index is 0.774. The van der Waals surface area contributed by atoms with Crippen LogP contribution < -0.4 is 4.90 Å². The highest BCUT2D eigenvalue weighted by Crippen LogP contribution is 2.30. The number of aromatic amines is 1. The number of H-pyrrole nitrogens is 1. The fourth-order valence-corrected chi connectivity index (χ4v) is 3.69. The molecule has 2 aromatic rings. The molecule has 0 saturated carbocycles. The second-order valence-corrected chi connectivity index (χ2v) is 5.85. The highest BCUT2D eigenvalue weighted by molar-refractivity contribution is 5.92. The van der Waals surface area contributed by atoms with E-state index < -0.39 is 0 Å². The van der Waals surface area contributed by atoms with Crippen LogP contribution >= 0.6 is 0 Å². The van der Waals surface area contributed by atoms with Crippen molar-refractivity contribution in [1.82, 2.24) is 9.88 Å². The molecule has 2 aliphatic rings. The van der Waals surface area contributed by atoms with Crippen LogP contribution in [0.3, 0.4) is 0 Å². The molecule has 2 saturated heterocycles. The molecule has 1 atom stereocenters.